The van der Waals surface area contributed by atoms with E-state index in [4.69, 9.17) is 16.9 Å². The van der Waals surface area contributed by atoms with E-state index in [9.17, 15) is 13.2 Å². The molecule has 0 N–H and O–H groups in total. The Morgan fingerprint density at radius 2 is 1.85 bits per heavy atom. The lowest BCUT2D eigenvalue weighted by molar-refractivity contribution is -0.137. The normalized spacial score (nSPS) is 11.2. The van der Waals surface area contributed by atoms with Crippen molar-refractivity contribution >= 4 is 23.4 Å². The number of pyridine rings is 2. The minimum Gasteiger partial charge on any atom is -0.249 e. The van der Waals surface area contributed by atoms with E-state index >= 15 is 0 Å². The zero-order valence-electron chi connectivity index (χ0n) is 9.65. The van der Waals surface area contributed by atoms with Crippen LogP contribution < -0.4 is 0 Å². The van der Waals surface area contributed by atoms with E-state index in [-0.39, 0.29) is 10.7 Å². The van der Waals surface area contributed by atoms with E-state index in [0.717, 1.165) is 24.0 Å². The third-order valence-electron chi connectivity index (χ3n) is 2.20. The zero-order chi connectivity index (χ0) is 14.8. The Hall–Kier alpha value is -1.78. The Morgan fingerprint density at radius 3 is 2.40 bits per heavy atom. The summed E-state index contributed by atoms with van der Waals surface area (Å²) in [5.41, 5.74) is -0.757. The number of hydrogen-bond donors (Lipinski definition) is 0. The van der Waals surface area contributed by atoms with Crippen molar-refractivity contribution < 1.29 is 13.2 Å². The quantitative estimate of drug-likeness (QED) is 0.834. The van der Waals surface area contributed by atoms with Crippen molar-refractivity contribution in [1.82, 2.24) is 9.97 Å². The maximum Gasteiger partial charge on any atom is 0.417 e. The molecule has 2 aromatic rings. The predicted octanol–water partition coefficient (Wildman–Crippen LogP) is 4.17. The number of rotatable bonds is 2. The second-order valence-corrected chi connectivity index (χ2v) is 5.02. The van der Waals surface area contributed by atoms with Crippen LogP contribution in [0, 0.1) is 11.3 Å². The maximum atomic E-state index is 12.4. The van der Waals surface area contributed by atoms with Gasteiger partial charge in [0, 0.05) is 6.20 Å². The monoisotopic (exact) mass is 315 g/mol. The summed E-state index contributed by atoms with van der Waals surface area (Å²) in [7, 11) is 0. The topological polar surface area (TPSA) is 49.6 Å². The van der Waals surface area contributed by atoms with Crippen molar-refractivity contribution in [2.75, 3.05) is 0 Å². The highest BCUT2D eigenvalue weighted by molar-refractivity contribution is 7.99. The smallest absolute Gasteiger partial charge is 0.249 e. The summed E-state index contributed by atoms with van der Waals surface area (Å²) in [6.45, 7) is 0. The molecule has 0 aromatic carbocycles. The SMILES string of the molecule is N#Cc1nc(Sc2ccc(C(F)(F)F)cn2)ccc1Cl. The van der Waals surface area contributed by atoms with Gasteiger partial charge in [0.25, 0.3) is 0 Å². The highest BCUT2D eigenvalue weighted by Crippen LogP contribution is 2.31. The predicted molar refractivity (Wildman–Crippen MR) is 67.3 cm³/mol. The molecule has 0 bridgehead atoms. The molecule has 0 aliphatic heterocycles. The molecule has 0 aliphatic carbocycles. The van der Waals surface area contributed by atoms with Gasteiger partial charge in [-0.3, -0.25) is 0 Å². The van der Waals surface area contributed by atoms with Crippen LogP contribution in [0.15, 0.2) is 40.5 Å². The van der Waals surface area contributed by atoms with Crippen molar-refractivity contribution in [3.8, 4) is 6.07 Å². The largest absolute Gasteiger partial charge is 0.417 e. The molecule has 0 saturated carbocycles. The lowest BCUT2D eigenvalue weighted by Gasteiger charge is -2.06. The zero-order valence-corrected chi connectivity index (χ0v) is 11.2. The van der Waals surface area contributed by atoms with Crippen LogP contribution in [0.3, 0.4) is 0 Å². The van der Waals surface area contributed by atoms with Crippen molar-refractivity contribution in [3.05, 3.63) is 46.7 Å². The Bertz CT molecular complexity index is 665. The lowest BCUT2D eigenvalue weighted by atomic mass is 10.3. The lowest BCUT2D eigenvalue weighted by Crippen LogP contribution is -2.05. The molecule has 8 heteroatoms. The van der Waals surface area contributed by atoms with Gasteiger partial charge in [-0.25, -0.2) is 9.97 Å². The Kier molecular flexibility index (Phi) is 4.16. The summed E-state index contributed by atoms with van der Waals surface area (Å²) in [5.74, 6) is 0. The molecule has 2 heterocycles. The van der Waals surface area contributed by atoms with Crippen LogP contribution >= 0.6 is 23.4 Å². The summed E-state index contributed by atoms with van der Waals surface area (Å²) in [6.07, 6.45) is -3.66. The van der Waals surface area contributed by atoms with Gasteiger partial charge >= 0.3 is 6.18 Å². The molecule has 0 unspecified atom stereocenters. The van der Waals surface area contributed by atoms with Crippen LogP contribution in [0.5, 0.6) is 0 Å². The van der Waals surface area contributed by atoms with Crippen LogP contribution in [-0.4, -0.2) is 9.97 Å². The first-order valence-electron chi connectivity index (χ1n) is 5.18. The number of nitrogens with zero attached hydrogens (tertiary/aromatic N) is 3. The molecule has 3 nitrogen and oxygen atoms in total. The van der Waals surface area contributed by atoms with E-state index in [0.29, 0.717) is 10.1 Å². The molecule has 102 valence electrons. The second-order valence-electron chi connectivity index (χ2n) is 3.58. The molecular formula is C12H5ClF3N3S. The van der Waals surface area contributed by atoms with Gasteiger partial charge in [0.1, 0.15) is 16.1 Å². The van der Waals surface area contributed by atoms with Gasteiger partial charge in [0.05, 0.1) is 10.6 Å². The Morgan fingerprint density at radius 1 is 1.15 bits per heavy atom. The highest BCUT2D eigenvalue weighted by Gasteiger charge is 2.30. The summed E-state index contributed by atoms with van der Waals surface area (Å²) >= 11 is 6.78. The van der Waals surface area contributed by atoms with Crippen LogP contribution in [0.4, 0.5) is 13.2 Å². The molecule has 0 atom stereocenters. The van der Waals surface area contributed by atoms with Gasteiger partial charge in [-0.2, -0.15) is 18.4 Å². The number of nitriles is 1. The Labute approximate surface area is 121 Å². The average molecular weight is 316 g/mol. The van der Waals surface area contributed by atoms with Crippen molar-refractivity contribution in [2.45, 2.75) is 16.2 Å². The van der Waals surface area contributed by atoms with Crippen molar-refractivity contribution in [3.63, 3.8) is 0 Å². The molecule has 0 radical (unpaired) electrons. The maximum absolute atomic E-state index is 12.4. The second kappa shape index (κ2) is 5.69. The Balaban J connectivity index is 2.21. The summed E-state index contributed by atoms with van der Waals surface area (Å²) in [5, 5.41) is 9.78. The van der Waals surface area contributed by atoms with Gasteiger partial charge < -0.3 is 0 Å². The average Bonchev–Trinajstić information content (AvgIpc) is 2.40. The van der Waals surface area contributed by atoms with Gasteiger partial charge in [-0.15, -0.1) is 0 Å². The summed E-state index contributed by atoms with van der Waals surface area (Å²) in [6, 6.07) is 7.07. The first-order chi connectivity index (χ1) is 9.40. The third kappa shape index (κ3) is 3.40. The number of alkyl halides is 3. The van der Waals surface area contributed by atoms with Crippen LogP contribution in [-0.2, 0) is 6.18 Å². The van der Waals surface area contributed by atoms with Crippen molar-refractivity contribution in [1.29, 1.82) is 5.26 Å². The van der Waals surface area contributed by atoms with Crippen LogP contribution in [0.2, 0.25) is 5.02 Å². The third-order valence-corrected chi connectivity index (χ3v) is 3.39. The molecular weight excluding hydrogens is 311 g/mol. The molecule has 0 spiro atoms. The molecule has 0 saturated heterocycles. The van der Waals surface area contributed by atoms with Crippen LogP contribution in [0.25, 0.3) is 0 Å². The van der Waals surface area contributed by atoms with E-state index in [1.807, 2.05) is 6.07 Å². The minimum atomic E-state index is -4.41. The molecule has 0 amide bonds. The molecule has 20 heavy (non-hydrogen) atoms. The van der Waals surface area contributed by atoms with Gasteiger partial charge in [0.2, 0.25) is 0 Å². The van der Waals surface area contributed by atoms with E-state index in [1.165, 1.54) is 12.1 Å². The van der Waals surface area contributed by atoms with E-state index in [2.05, 4.69) is 9.97 Å². The standard InChI is InChI=1S/C12H5ClF3N3S/c13-8-2-4-11(19-9(8)5-17)20-10-3-1-7(6-18-10)12(14,15)16/h1-4,6H. The van der Waals surface area contributed by atoms with E-state index in [1.54, 1.807) is 6.07 Å². The fraction of sp³-hybridized carbons (Fsp3) is 0.0833. The number of aromatic nitrogens is 2. The molecule has 0 fully saturated rings. The molecule has 0 aliphatic rings. The fourth-order valence-electron chi connectivity index (χ4n) is 1.27. The highest BCUT2D eigenvalue weighted by atomic mass is 35.5. The minimum absolute atomic E-state index is 0.0589. The summed E-state index contributed by atoms with van der Waals surface area (Å²) < 4.78 is 37.1. The summed E-state index contributed by atoms with van der Waals surface area (Å²) in [4.78, 5) is 7.67. The van der Waals surface area contributed by atoms with Crippen LogP contribution in [0.1, 0.15) is 11.3 Å². The number of halogens is 4. The fourth-order valence-corrected chi connectivity index (χ4v) is 2.15. The number of hydrogen-bond acceptors (Lipinski definition) is 4. The van der Waals surface area contributed by atoms with Gasteiger partial charge in [0.15, 0.2) is 5.69 Å². The van der Waals surface area contributed by atoms with Gasteiger partial charge in [-0.1, -0.05) is 23.4 Å². The molecule has 2 rings (SSSR count). The van der Waals surface area contributed by atoms with Gasteiger partial charge in [-0.05, 0) is 24.3 Å². The van der Waals surface area contributed by atoms with Crippen molar-refractivity contribution in [2.24, 2.45) is 0 Å². The molecule has 2 aromatic heterocycles. The van der Waals surface area contributed by atoms with E-state index < -0.39 is 11.7 Å². The first-order valence-corrected chi connectivity index (χ1v) is 6.37. The first kappa shape index (κ1) is 14.6.